The summed E-state index contributed by atoms with van der Waals surface area (Å²) in [5.74, 6) is 0. The first-order chi connectivity index (χ1) is 10.7. The predicted molar refractivity (Wildman–Crippen MR) is 85.1 cm³/mol. The topological polar surface area (TPSA) is 54.5 Å². The lowest BCUT2D eigenvalue weighted by molar-refractivity contribution is 0.768. The fourth-order valence-corrected chi connectivity index (χ4v) is 2.61. The van der Waals surface area contributed by atoms with Crippen LogP contribution in [0, 0.1) is 18.3 Å². The zero-order chi connectivity index (χ0) is 15.5. The molecular formula is C17H13ClN4. The minimum Gasteiger partial charge on any atom is -0.216 e. The Kier molecular flexibility index (Phi) is 3.90. The first kappa shape index (κ1) is 14.3. The molecule has 0 unspecified atom stereocenters. The van der Waals surface area contributed by atoms with Gasteiger partial charge in [-0.2, -0.15) is 5.26 Å². The van der Waals surface area contributed by atoms with Crippen LogP contribution in [0.25, 0.3) is 5.69 Å². The second-order valence-electron chi connectivity index (χ2n) is 5.00. The summed E-state index contributed by atoms with van der Waals surface area (Å²) in [4.78, 5) is 0. The monoisotopic (exact) mass is 308 g/mol. The van der Waals surface area contributed by atoms with Crippen LogP contribution in [0.1, 0.15) is 22.5 Å². The van der Waals surface area contributed by atoms with Gasteiger partial charge in [0.05, 0.1) is 11.4 Å². The molecule has 0 radical (unpaired) electrons. The Morgan fingerprint density at radius 2 is 1.95 bits per heavy atom. The standard InChI is InChI=1S/C17H13ClN4/c1-12-9-14(18)7-8-16(12)22-17(15(11-19)20-21-22)10-13-5-3-2-4-6-13/h2-9H,10H2,1H3. The normalized spacial score (nSPS) is 10.4. The molecule has 1 aromatic heterocycles. The van der Waals surface area contributed by atoms with Crippen LogP contribution in [0.15, 0.2) is 48.5 Å². The maximum atomic E-state index is 9.28. The molecule has 4 nitrogen and oxygen atoms in total. The van der Waals surface area contributed by atoms with Gasteiger partial charge in [-0.25, -0.2) is 4.68 Å². The van der Waals surface area contributed by atoms with Gasteiger partial charge in [0, 0.05) is 11.4 Å². The first-order valence-electron chi connectivity index (χ1n) is 6.84. The maximum Gasteiger partial charge on any atom is 0.186 e. The van der Waals surface area contributed by atoms with E-state index in [9.17, 15) is 5.26 Å². The fourth-order valence-electron chi connectivity index (χ4n) is 2.39. The van der Waals surface area contributed by atoms with Gasteiger partial charge in [-0.1, -0.05) is 47.1 Å². The van der Waals surface area contributed by atoms with Crippen LogP contribution in [0.5, 0.6) is 0 Å². The van der Waals surface area contributed by atoms with Crippen molar-refractivity contribution in [1.82, 2.24) is 15.0 Å². The number of nitrogens with zero attached hydrogens (tertiary/aromatic N) is 4. The number of aryl methyl sites for hydroxylation is 1. The molecule has 0 aliphatic carbocycles. The molecule has 3 rings (SSSR count). The molecule has 2 aromatic carbocycles. The van der Waals surface area contributed by atoms with Gasteiger partial charge in [-0.15, -0.1) is 5.10 Å². The Balaban J connectivity index is 2.09. The highest BCUT2D eigenvalue weighted by atomic mass is 35.5. The molecule has 0 saturated carbocycles. The minimum atomic E-state index is 0.346. The Morgan fingerprint density at radius 3 is 2.64 bits per heavy atom. The molecule has 0 amide bonds. The van der Waals surface area contributed by atoms with Crippen LogP contribution in [0.3, 0.4) is 0 Å². The molecule has 1 heterocycles. The zero-order valence-electron chi connectivity index (χ0n) is 12.0. The van der Waals surface area contributed by atoms with Gasteiger partial charge in [-0.3, -0.25) is 0 Å². The molecule has 0 bridgehead atoms. The van der Waals surface area contributed by atoms with Gasteiger partial charge in [0.25, 0.3) is 0 Å². The molecule has 0 atom stereocenters. The van der Waals surface area contributed by atoms with Crippen molar-refractivity contribution in [2.24, 2.45) is 0 Å². The average molecular weight is 309 g/mol. The molecule has 0 aliphatic heterocycles. The van der Waals surface area contributed by atoms with E-state index in [2.05, 4.69) is 16.4 Å². The van der Waals surface area contributed by atoms with E-state index >= 15 is 0 Å². The summed E-state index contributed by atoms with van der Waals surface area (Å²) >= 11 is 6.01. The van der Waals surface area contributed by atoms with Crippen LogP contribution in [-0.2, 0) is 6.42 Å². The number of aromatic nitrogens is 3. The van der Waals surface area contributed by atoms with E-state index in [1.54, 1.807) is 4.68 Å². The van der Waals surface area contributed by atoms with Crippen LogP contribution in [0.4, 0.5) is 0 Å². The predicted octanol–water partition coefficient (Wildman–Crippen LogP) is 3.69. The number of hydrogen-bond donors (Lipinski definition) is 0. The van der Waals surface area contributed by atoms with Gasteiger partial charge < -0.3 is 0 Å². The van der Waals surface area contributed by atoms with Crippen molar-refractivity contribution in [3.63, 3.8) is 0 Å². The van der Waals surface area contributed by atoms with Crippen LogP contribution < -0.4 is 0 Å². The quantitative estimate of drug-likeness (QED) is 0.741. The first-order valence-corrected chi connectivity index (χ1v) is 7.22. The molecule has 108 valence electrons. The van der Waals surface area contributed by atoms with E-state index in [-0.39, 0.29) is 0 Å². The van der Waals surface area contributed by atoms with Crippen molar-refractivity contribution in [2.45, 2.75) is 13.3 Å². The molecule has 0 N–H and O–H groups in total. The molecule has 0 saturated heterocycles. The lowest BCUT2D eigenvalue weighted by Gasteiger charge is -2.10. The Morgan fingerprint density at radius 1 is 1.18 bits per heavy atom. The second kappa shape index (κ2) is 6.00. The van der Waals surface area contributed by atoms with Crippen molar-refractivity contribution in [2.75, 3.05) is 0 Å². The molecule has 0 fully saturated rings. The maximum absolute atomic E-state index is 9.28. The van der Waals surface area contributed by atoms with E-state index in [1.165, 1.54) is 0 Å². The highest BCUT2D eigenvalue weighted by molar-refractivity contribution is 6.30. The third-order valence-electron chi connectivity index (χ3n) is 3.47. The summed E-state index contributed by atoms with van der Waals surface area (Å²) in [6, 6.07) is 17.6. The minimum absolute atomic E-state index is 0.346. The summed E-state index contributed by atoms with van der Waals surface area (Å²) < 4.78 is 1.72. The van der Waals surface area contributed by atoms with Crippen molar-refractivity contribution in [1.29, 1.82) is 5.26 Å². The van der Waals surface area contributed by atoms with Crippen LogP contribution in [-0.4, -0.2) is 15.0 Å². The summed E-state index contributed by atoms with van der Waals surface area (Å²) in [5, 5.41) is 18.1. The molecule has 3 aromatic rings. The van der Waals surface area contributed by atoms with Gasteiger partial charge in [0.1, 0.15) is 6.07 Å². The number of nitriles is 1. The number of rotatable bonds is 3. The SMILES string of the molecule is Cc1cc(Cl)ccc1-n1nnc(C#N)c1Cc1ccccc1. The Bertz CT molecular complexity index is 847. The van der Waals surface area contributed by atoms with Crippen LogP contribution in [0.2, 0.25) is 5.02 Å². The van der Waals surface area contributed by atoms with Crippen molar-refractivity contribution < 1.29 is 0 Å². The van der Waals surface area contributed by atoms with Gasteiger partial charge in [0.2, 0.25) is 0 Å². The Hall–Kier alpha value is -2.64. The third-order valence-corrected chi connectivity index (χ3v) is 3.71. The van der Waals surface area contributed by atoms with E-state index in [4.69, 9.17) is 11.6 Å². The second-order valence-corrected chi connectivity index (χ2v) is 5.44. The van der Waals surface area contributed by atoms with E-state index in [1.807, 2.05) is 55.5 Å². The largest absolute Gasteiger partial charge is 0.216 e. The lowest BCUT2D eigenvalue weighted by atomic mass is 10.1. The van der Waals surface area contributed by atoms with E-state index in [0.29, 0.717) is 17.1 Å². The molecule has 0 spiro atoms. The summed E-state index contributed by atoms with van der Waals surface area (Å²) in [6.45, 7) is 1.96. The van der Waals surface area contributed by atoms with Gasteiger partial charge in [0.15, 0.2) is 5.69 Å². The summed E-state index contributed by atoms with van der Waals surface area (Å²) in [5.41, 5.74) is 4.09. The fraction of sp³-hybridized carbons (Fsp3) is 0.118. The van der Waals surface area contributed by atoms with Gasteiger partial charge in [-0.05, 0) is 36.2 Å². The van der Waals surface area contributed by atoms with Crippen molar-refractivity contribution in [3.8, 4) is 11.8 Å². The smallest absolute Gasteiger partial charge is 0.186 e. The average Bonchev–Trinajstić information content (AvgIpc) is 2.91. The number of hydrogen-bond acceptors (Lipinski definition) is 3. The zero-order valence-corrected chi connectivity index (χ0v) is 12.7. The third kappa shape index (κ3) is 2.72. The number of benzene rings is 2. The molecule has 22 heavy (non-hydrogen) atoms. The number of halogens is 1. The van der Waals surface area contributed by atoms with Crippen LogP contribution >= 0.6 is 11.6 Å². The lowest BCUT2D eigenvalue weighted by Crippen LogP contribution is -2.06. The Labute approximate surface area is 133 Å². The molecular weight excluding hydrogens is 296 g/mol. The molecule has 0 aliphatic rings. The van der Waals surface area contributed by atoms with Crippen molar-refractivity contribution >= 4 is 11.6 Å². The van der Waals surface area contributed by atoms with E-state index < -0.39 is 0 Å². The summed E-state index contributed by atoms with van der Waals surface area (Å²) in [6.07, 6.45) is 0.596. The highest BCUT2D eigenvalue weighted by Gasteiger charge is 2.16. The highest BCUT2D eigenvalue weighted by Crippen LogP contribution is 2.22. The molecule has 5 heteroatoms. The van der Waals surface area contributed by atoms with E-state index in [0.717, 1.165) is 22.5 Å². The van der Waals surface area contributed by atoms with Crippen molar-refractivity contribution in [3.05, 3.63) is 76.1 Å². The summed E-state index contributed by atoms with van der Waals surface area (Å²) in [7, 11) is 0. The van der Waals surface area contributed by atoms with Gasteiger partial charge >= 0.3 is 0 Å².